The van der Waals surface area contributed by atoms with Gasteiger partial charge in [0.2, 0.25) is 0 Å². The maximum atomic E-state index is 12.3. The third-order valence-electron chi connectivity index (χ3n) is 4.02. The van der Waals surface area contributed by atoms with E-state index in [1.165, 1.54) is 0 Å². The number of carbonyl (C=O) groups is 2. The van der Waals surface area contributed by atoms with Crippen molar-refractivity contribution < 1.29 is 9.59 Å². The van der Waals surface area contributed by atoms with E-state index >= 15 is 0 Å². The molecule has 0 aliphatic carbocycles. The highest BCUT2D eigenvalue weighted by atomic mass is 16.2. The molecule has 3 amide bonds. The van der Waals surface area contributed by atoms with Crippen LogP contribution < -0.4 is 20.4 Å². The molecule has 1 fully saturated rings. The Morgan fingerprint density at radius 3 is 2.68 bits per heavy atom. The van der Waals surface area contributed by atoms with E-state index in [4.69, 9.17) is 0 Å². The molecular weight excluding hydrogens is 318 g/mol. The molecule has 1 aromatic carbocycles. The summed E-state index contributed by atoms with van der Waals surface area (Å²) < 4.78 is 0. The van der Waals surface area contributed by atoms with E-state index in [1.54, 1.807) is 35.4 Å². The van der Waals surface area contributed by atoms with Crippen molar-refractivity contribution >= 4 is 23.4 Å². The van der Waals surface area contributed by atoms with Crippen LogP contribution in [0.2, 0.25) is 0 Å². The molecule has 1 aliphatic heterocycles. The van der Waals surface area contributed by atoms with Crippen molar-refractivity contribution in [2.45, 2.75) is 6.54 Å². The van der Waals surface area contributed by atoms with Crippen LogP contribution in [0.3, 0.4) is 0 Å². The van der Waals surface area contributed by atoms with Crippen LogP contribution in [-0.2, 0) is 6.54 Å². The summed E-state index contributed by atoms with van der Waals surface area (Å²) in [6, 6.07) is 10.7. The van der Waals surface area contributed by atoms with Crippen LogP contribution in [0, 0.1) is 0 Å². The second-order valence-electron chi connectivity index (χ2n) is 6.03. The summed E-state index contributed by atoms with van der Waals surface area (Å²) in [4.78, 5) is 31.8. The molecule has 0 spiro atoms. The minimum Gasteiger partial charge on any atom is -0.363 e. The molecular formula is C18H21N5O2. The third-order valence-corrected chi connectivity index (χ3v) is 4.02. The SMILES string of the molecule is CN(C)c1cc(CNC(=O)c2ccc(N3CCNC3=O)cc2)ccn1. The summed E-state index contributed by atoms with van der Waals surface area (Å²) in [5.41, 5.74) is 2.33. The lowest BCUT2D eigenvalue weighted by Gasteiger charge is -2.14. The lowest BCUT2D eigenvalue weighted by molar-refractivity contribution is 0.0951. The first-order chi connectivity index (χ1) is 12.0. The number of hydrogen-bond acceptors (Lipinski definition) is 4. The summed E-state index contributed by atoms with van der Waals surface area (Å²) in [6.07, 6.45) is 1.73. The summed E-state index contributed by atoms with van der Waals surface area (Å²) in [5, 5.41) is 5.66. The quantitative estimate of drug-likeness (QED) is 0.867. The van der Waals surface area contributed by atoms with Crippen LogP contribution in [0.4, 0.5) is 16.3 Å². The van der Waals surface area contributed by atoms with Gasteiger partial charge in [-0.25, -0.2) is 9.78 Å². The third kappa shape index (κ3) is 3.88. The predicted molar refractivity (Wildman–Crippen MR) is 96.9 cm³/mol. The van der Waals surface area contributed by atoms with E-state index in [0.717, 1.165) is 17.1 Å². The standard InChI is InChI=1S/C18H21N5O2/c1-22(2)16-11-13(7-8-19-16)12-21-17(24)14-3-5-15(6-4-14)23-10-9-20-18(23)25/h3-8,11H,9-10,12H2,1-2H3,(H,20,25)(H,21,24). The Labute approximate surface area is 146 Å². The number of hydrogen-bond donors (Lipinski definition) is 2. The van der Waals surface area contributed by atoms with Crippen molar-refractivity contribution in [1.29, 1.82) is 0 Å². The maximum Gasteiger partial charge on any atom is 0.321 e. The van der Waals surface area contributed by atoms with E-state index in [2.05, 4.69) is 15.6 Å². The summed E-state index contributed by atoms with van der Waals surface area (Å²) in [5.74, 6) is 0.695. The number of urea groups is 1. The molecule has 0 unspecified atom stereocenters. The predicted octanol–water partition coefficient (Wildman–Crippen LogP) is 1.61. The van der Waals surface area contributed by atoms with Crippen LogP contribution in [-0.4, -0.2) is 44.1 Å². The van der Waals surface area contributed by atoms with Crippen molar-refractivity contribution in [3.63, 3.8) is 0 Å². The molecule has 1 saturated heterocycles. The number of rotatable bonds is 5. The number of anilines is 2. The van der Waals surface area contributed by atoms with Crippen LogP contribution in [0.1, 0.15) is 15.9 Å². The Morgan fingerprint density at radius 1 is 1.28 bits per heavy atom. The van der Waals surface area contributed by atoms with Crippen molar-refractivity contribution in [2.75, 3.05) is 37.0 Å². The molecule has 25 heavy (non-hydrogen) atoms. The van der Waals surface area contributed by atoms with Gasteiger partial charge in [-0.1, -0.05) is 0 Å². The van der Waals surface area contributed by atoms with Gasteiger partial charge in [0.1, 0.15) is 5.82 Å². The fourth-order valence-corrected chi connectivity index (χ4v) is 2.61. The van der Waals surface area contributed by atoms with E-state index in [-0.39, 0.29) is 11.9 Å². The van der Waals surface area contributed by atoms with Crippen LogP contribution >= 0.6 is 0 Å². The Balaban J connectivity index is 1.61. The molecule has 0 atom stereocenters. The van der Waals surface area contributed by atoms with Gasteiger partial charge in [-0.3, -0.25) is 9.69 Å². The molecule has 7 nitrogen and oxygen atoms in total. The molecule has 2 N–H and O–H groups in total. The normalized spacial score (nSPS) is 13.5. The molecule has 2 heterocycles. The van der Waals surface area contributed by atoms with Gasteiger partial charge in [-0.05, 0) is 42.0 Å². The Kier molecular flexibility index (Phi) is 4.83. The Hall–Kier alpha value is -3.09. The first-order valence-electron chi connectivity index (χ1n) is 8.10. The van der Waals surface area contributed by atoms with Crippen LogP contribution in [0.25, 0.3) is 0 Å². The van der Waals surface area contributed by atoms with Gasteiger partial charge < -0.3 is 15.5 Å². The highest BCUT2D eigenvalue weighted by Gasteiger charge is 2.21. The molecule has 130 valence electrons. The minimum absolute atomic E-state index is 0.105. The lowest BCUT2D eigenvalue weighted by atomic mass is 10.1. The van der Waals surface area contributed by atoms with Gasteiger partial charge in [0.25, 0.3) is 5.91 Å². The molecule has 1 aromatic heterocycles. The topological polar surface area (TPSA) is 77.6 Å². The molecule has 7 heteroatoms. The maximum absolute atomic E-state index is 12.3. The van der Waals surface area contributed by atoms with E-state index < -0.39 is 0 Å². The van der Waals surface area contributed by atoms with E-state index in [0.29, 0.717) is 25.2 Å². The molecule has 0 bridgehead atoms. The number of carbonyl (C=O) groups excluding carboxylic acids is 2. The zero-order chi connectivity index (χ0) is 17.8. The summed E-state index contributed by atoms with van der Waals surface area (Å²) >= 11 is 0. The Morgan fingerprint density at radius 2 is 2.04 bits per heavy atom. The fraction of sp³-hybridized carbons (Fsp3) is 0.278. The zero-order valence-corrected chi connectivity index (χ0v) is 14.3. The van der Waals surface area contributed by atoms with Crippen molar-refractivity contribution in [3.05, 3.63) is 53.7 Å². The van der Waals surface area contributed by atoms with Gasteiger partial charge in [-0.2, -0.15) is 0 Å². The first kappa shape index (κ1) is 16.8. The van der Waals surface area contributed by atoms with Gasteiger partial charge in [0.15, 0.2) is 0 Å². The number of aromatic nitrogens is 1. The van der Waals surface area contributed by atoms with E-state index in [1.807, 2.05) is 31.1 Å². The number of nitrogens with one attached hydrogen (secondary N) is 2. The minimum atomic E-state index is -0.152. The highest BCUT2D eigenvalue weighted by Crippen LogP contribution is 2.17. The highest BCUT2D eigenvalue weighted by molar-refractivity contribution is 5.97. The average Bonchev–Trinajstić information content (AvgIpc) is 3.06. The molecule has 3 rings (SSSR count). The number of amides is 3. The van der Waals surface area contributed by atoms with E-state index in [9.17, 15) is 9.59 Å². The van der Waals surface area contributed by atoms with Gasteiger partial charge >= 0.3 is 6.03 Å². The van der Waals surface area contributed by atoms with Gasteiger partial charge in [0.05, 0.1) is 0 Å². The summed E-state index contributed by atoms with van der Waals surface area (Å²) in [7, 11) is 3.85. The van der Waals surface area contributed by atoms with Crippen molar-refractivity contribution in [1.82, 2.24) is 15.6 Å². The van der Waals surface area contributed by atoms with Crippen molar-refractivity contribution in [2.24, 2.45) is 0 Å². The first-order valence-corrected chi connectivity index (χ1v) is 8.10. The molecule has 1 aliphatic rings. The molecule has 2 aromatic rings. The van der Waals surface area contributed by atoms with Gasteiger partial charge in [0, 0.05) is 51.2 Å². The number of benzene rings is 1. The fourth-order valence-electron chi connectivity index (χ4n) is 2.61. The Bertz CT molecular complexity index is 773. The molecule has 0 radical (unpaired) electrons. The second kappa shape index (κ2) is 7.21. The van der Waals surface area contributed by atoms with Crippen LogP contribution in [0.15, 0.2) is 42.6 Å². The van der Waals surface area contributed by atoms with Gasteiger partial charge in [-0.15, -0.1) is 0 Å². The number of pyridine rings is 1. The van der Waals surface area contributed by atoms with Crippen LogP contribution in [0.5, 0.6) is 0 Å². The number of nitrogens with zero attached hydrogens (tertiary/aromatic N) is 3. The second-order valence-corrected chi connectivity index (χ2v) is 6.03. The lowest BCUT2D eigenvalue weighted by Crippen LogP contribution is -2.28. The smallest absolute Gasteiger partial charge is 0.321 e. The molecule has 0 saturated carbocycles. The summed E-state index contributed by atoms with van der Waals surface area (Å²) in [6.45, 7) is 1.71. The van der Waals surface area contributed by atoms with Crippen molar-refractivity contribution in [3.8, 4) is 0 Å². The largest absolute Gasteiger partial charge is 0.363 e. The average molecular weight is 339 g/mol. The zero-order valence-electron chi connectivity index (χ0n) is 14.3. The monoisotopic (exact) mass is 339 g/mol.